The van der Waals surface area contributed by atoms with E-state index in [1.54, 1.807) is 0 Å². The minimum absolute atomic E-state index is 0.0254. The van der Waals surface area contributed by atoms with E-state index in [2.05, 4.69) is 46.4 Å². The summed E-state index contributed by atoms with van der Waals surface area (Å²) in [7, 11) is 0. The van der Waals surface area contributed by atoms with E-state index in [4.69, 9.17) is 4.74 Å². The highest BCUT2D eigenvalue weighted by Gasteiger charge is 2.14. The summed E-state index contributed by atoms with van der Waals surface area (Å²) in [4.78, 5) is 18.3. The summed E-state index contributed by atoms with van der Waals surface area (Å²) in [5.74, 6) is -0.0254. The first-order chi connectivity index (χ1) is 13.2. The van der Waals surface area contributed by atoms with Crippen LogP contribution in [-0.2, 0) is 11.2 Å². The van der Waals surface area contributed by atoms with Crippen LogP contribution in [0.4, 0.5) is 5.69 Å². The van der Waals surface area contributed by atoms with Crippen LogP contribution in [0.15, 0.2) is 48.5 Å². The zero-order valence-corrected chi connectivity index (χ0v) is 15.6. The molecule has 2 aromatic carbocycles. The first kappa shape index (κ1) is 17.6. The number of anilines is 1. The van der Waals surface area contributed by atoms with Gasteiger partial charge in [-0.15, -0.1) is 0 Å². The third-order valence-corrected chi connectivity index (χ3v) is 5.17. The molecule has 5 heteroatoms. The summed E-state index contributed by atoms with van der Waals surface area (Å²) in [5.41, 5.74) is 5.37. The lowest BCUT2D eigenvalue weighted by Gasteiger charge is -2.29. The molecule has 1 amide bonds. The molecule has 0 saturated carbocycles. The minimum atomic E-state index is -0.0254. The van der Waals surface area contributed by atoms with Gasteiger partial charge >= 0.3 is 0 Å². The molecule has 4 rings (SSSR count). The molecule has 2 N–H and O–H groups in total. The van der Waals surface area contributed by atoms with E-state index in [-0.39, 0.29) is 5.91 Å². The Morgan fingerprint density at radius 3 is 2.81 bits per heavy atom. The number of ether oxygens (including phenoxy) is 1. The number of nitrogens with one attached hydrogen (secondary N) is 2. The molecule has 1 fully saturated rings. The van der Waals surface area contributed by atoms with Gasteiger partial charge in [0, 0.05) is 47.5 Å². The monoisotopic (exact) mass is 363 g/mol. The van der Waals surface area contributed by atoms with Gasteiger partial charge in [-0.3, -0.25) is 4.79 Å². The zero-order valence-electron chi connectivity index (χ0n) is 15.6. The molecule has 1 saturated heterocycles. The molecular weight excluding hydrogens is 338 g/mol. The number of carbonyl (C=O) groups excluding carboxylic acids is 1. The predicted octanol–water partition coefficient (Wildman–Crippen LogP) is 3.29. The van der Waals surface area contributed by atoms with E-state index < -0.39 is 0 Å². The first-order valence-corrected chi connectivity index (χ1v) is 9.49. The number of benzene rings is 2. The SMILES string of the molecule is Cc1[nH]c2ccccc2c1CCNC(=O)c1cccc(N2CCOCC2)c1. The van der Waals surface area contributed by atoms with Gasteiger partial charge < -0.3 is 19.9 Å². The molecule has 0 radical (unpaired) electrons. The van der Waals surface area contributed by atoms with Crippen molar-refractivity contribution in [2.75, 3.05) is 37.7 Å². The number of carbonyl (C=O) groups is 1. The van der Waals surface area contributed by atoms with Crippen molar-refractivity contribution >= 4 is 22.5 Å². The zero-order chi connectivity index (χ0) is 18.6. The Hall–Kier alpha value is -2.79. The maximum absolute atomic E-state index is 12.6. The minimum Gasteiger partial charge on any atom is -0.378 e. The van der Waals surface area contributed by atoms with Crippen LogP contribution in [0.5, 0.6) is 0 Å². The molecule has 1 aliphatic rings. The Labute approximate surface area is 159 Å². The number of hydrogen-bond acceptors (Lipinski definition) is 3. The Balaban J connectivity index is 1.40. The summed E-state index contributed by atoms with van der Waals surface area (Å²) in [6.07, 6.45) is 0.810. The molecule has 5 nitrogen and oxygen atoms in total. The fourth-order valence-corrected chi connectivity index (χ4v) is 3.73. The summed E-state index contributed by atoms with van der Waals surface area (Å²) < 4.78 is 5.40. The number of H-pyrrole nitrogens is 1. The number of amides is 1. The lowest BCUT2D eigenvalue weighted by atomic mass is 10.1. The van der Waals surface area contributed by atoms with Gasteiger partial charge in [0.25, 0.3) is 5.91 Å². The molecular formula is C22H25N3O2. The number of aromatic amines is 1. The molecule has 2 heterocycles. The van der Waals surface area contributed by atoms with E-state index in [9.17, 15) is 4.79 Å². The van der Waals surface area contributed by atoms with E-state index >= 15 is 0 Å². The van der Waals surface area contributed by atoms with Gasteiger partial charge in [0.1, 0.15) is 0 Å². The normalized spacial score (nSPS) is 14.5. The highest BCUT2D eigenvalue weighted by atomic mass is 16.5. The van der Waals surface area contributed by atoms with Crippen molar-refractivity contribution in [2.45, 2.75) is 13.3 Å². The lowest BCUT2D eigenvalue weighted by molar-refractivity contribution is 0.0954. The van der Waals surface area contributed by atoms with E-state index in [1.807, 2.05) is 24.3 Å². The van der Waals surface area contributed by atoms with Gasteiger partial charge in [-0.1, -0.05) is 24.3 Å². The van der Waals surface area contributed by atoms with Gasteiger partial charge in [-0.25, -0.2) is 0 Å². The third-order valence-electron chi connectivity index (χ3n) is 5.17. The summed E-state index contributed by atoms with van der Waals surface area (Å²) in [6, 6.07) is 16.1. The molecule has 0 spiro atoms. The Morgan fingerprint density at radius 2 is 1.96 bits per heavy atom. The van der Waals surface area contributed by atoms with Crippen LogP contribution in [0.1, 0.15) is 21.6 Å². The van der Waals surface area contributed by atoms with Crippen molar-refractivity contribution in [3.8, 4) is 0 Å². The van der Waals surface area contributed by atoms with Gasteiger partial charge in [-0.2, -0.15) is 0 Å². The number of hydrogen-bond donors (Lipinski definition) is 2. The standard InChI is InChI=1S/C22H25N3O2/c1-16-19(20-7-2-3-8-21(20)24-16)9-10-23-22(26)17-5-4-6-18(15-17)25-11-13-27-14-12-25/h2-8,15,24H,9-14H2,1H3,(H,23,26). The third kappa shape index (κ3) is 3.83. The highest BCUT2D eigenvalue weighted by molar-refractivity contribution is 5.95. The summed E-state index contributed by atoms with van der Waals surface area (Å²) in [6.45, 7) is 5.91. The highest BCUT2D eigenvalue weighted by Crippen LogP contribution is 2.22. The molecule has 140 valence electrons. The molecule has 3 aromatic rings. The fraction of sp³-hybridized carbons (Fsp3) is 0.318. The van der Waals surface area contributed by atoms with Crippen molar-refractivity contribution < 1.29 is 9.53 Å². The molecule has 1 aromatic heterocycles. The Kier molecular flexibility index (Phi) is 5.12. The van der Waals surface area contributed by atoms with Crippen molar-refractivity contribution in [3.63, 3.8) is 0 Å². The van der Waals surface area contributed by atoms with Crippen LogP contribution < -0.4 is 10.2 Å². The molecule has 0 bridgehead atoms. The van der Waals surface area contributed by atoms with Crippen LogP contribution in [0.25, 0.3) is 10.9 Å². The second-order valence-corrected chi connectivity index (χ2v) is 6.93. The van der Waals surface area contributed by atoms with E-state index in [1.165, 1.54) is 16.6 Å². The molecule has 0 unspecified atom stereocenters. The summed E-state index contributed by atoms with van der Waals surface area (Å²) >= 11 is 0. The number of rotatable bonds is 5. The number of para-hydroxylation sites is 1. The molecule has 0 aliphatic carbocycles. The van der Waals surface area contributed by atoms with Gasteiger partial charge in [0.05, 0.1) is 13.2 Å². The Morgan fingerprint density at radius 1 is 1.15 bits per heavy atom. The maximum Gasteiger partial charge on any atom is 0.251 e. The van der Waals surface area contributed by atoms with Gasteiger partial charge in [-0.05, 0) is 43.2 Å². The van der Waals surface area contributed by atoms with E-state index in [0.29, 0.717) is 12.1 Å². The van der Waals surface area contributed by atoms with Crippen LogP contribution in [0.3, 0.4) is 0 Å². The largest absolute Gasteiger partial charge is 0.378 e. The average Bonchev–Trinajstić information content (AvgIpc) is 3.04. The Bertz CT molecular complexity index is 942. The fourth-order valence-electron chi connectivity index (χ4n) is 3.73. The number of nitrogens with zero attached hydrogens (tertiary/aromatic N) is 1. The van der Waals surface area contributed by atoms with Crippen molar-refractivity contribution in [3.05, 3.63) is 65.4 Å². The van der Waals surface area contributed by atoms with Gasteiger partial charge in [0.2, 0.25) is 0 Å². The predicted molar refractivity (Wildman–Crippen MR) is 109 cm³/mol. The van der Waals surface area contributed by atoms with Crippen LogP contribution in [0, 0.1) is 6.92 Å². The maximum atomic E-state index is 12.6. The molecule has 0 atom stereocenters. The lowest BCUT2D eigenvalue weighted by Crippen LogP contribution is -2.36. The quantitative estimate of drug-likeness (QED) is 0.731. The smallest absolute Gasteiger partial charge is 0.251 e. The van der Waals surface area contributed by atoms with Gasteiger partial charge in [0.15, 0.2) is 0 Å². The molecule has 27 heavy (non-hydrogen) atoms. The van der Waals surface area contributed by atoms with E-state index in [0.717, 1.165) is 43.9 Å². The van der Waals surface area contributed by atoms with Crippen LogP contribution in [-0.4, -0.2) is 43.7 Å². The number of aryl methyl sites for hydroxylation is 1. The van der Waals surface area contributed by atoms with Crippen LogP contribution >= 0.6 is 0 Å². The second kappa shape index (κ2) is 7.84. The average molecular weight is 363 g/mol. The number of aromatic nitrogens is 1. The van der Waals surface area contributed by atoms with Crippen LogP contribution in [0.2, 0.25) is 0 Å². The first-order valence-electron chi connectivity index (χ1n) is 9.49. The number of morpholine rings is 1. The topological polar surface area (TPSA) is 57.4 Å². The second-order valence-electron chi connectivity index (χ2n) is 6.93. The van der Waals surface area contributed by atoms with Crippen molar-refractivity contribution in [1.82, 2.24) is 10.3 Å². The molecule has 1 aliphatic heterocycles. The van der Waals surface area contributed by atoms with Crippen molar-refractivity contribution in [1.29, 1.82) is 0 Å². The number of fused-ring (bicyclic) bond motifs is 1. The summed E-state index contributed by atoms with van der Waals surface area (Å²) in [5, 5.41) is 4.30. The van der Waals surface area contributed by atoms with Crippen molar-refractivity contribution in [2.24, 2.45) is 0 Å².